The Labute approximate surface area is 110 Å². The third-order valence-corrected chi connectivity index (χ3v) is 2.70. The molecule has 6 heteroatoms. The lowest BCUT2D eigenvalue weighted by Gasteiger charge is -2.07. The third-order valence-electron chi connectivity index (χ3n) is 2.70. The molecule has 0 saturated carbocycles. The van der Waals surface area contributed by atoms with Crippen LogP contribution < -0.4 is 11.1 Å². The summed E-state index contributed by atoms with van der Waals surface area (Å²) in [5, 5.41) is 16.2. The predicted octanol–water partition coefficient (Wildman–Crippen LogP) is 2.49. The number of nitrogens with two attached hydrogens (primary N) is 1. The molecular weight excluding hydrogens is 244 g/mol. The van der Waals surface area contributed by atoms with Crippen LogP contribution in [0.15, 0.2) is 30.6 Å². The van der Waals surface area contributed by atoms with E-state index in [1.807, 2.05) is 24.7 Å². The van der Waals surface area contributed by atoms with Gasteiger partial charge in [-0.25, -0.2) is 4.79 Å². The van der Waals surface area contributed by atoms with E-state index in [-0.39, 0.29) is 17.3 Å². The SMILES string of the molecule is CC(C)n1cc(Nc2ccc(C(=O)O)c(N)c2)cn1. The number of nitrogens with one attached hydrogen (secondary N) is 1. The maximum Gasteiger partial charge on any atom is 0.337 e. The smallest absolute Gasteiger partial charge is 0.337 e. The zero-order chi connectivity index (χ0) is 14.0. The number of rotatable bonds is 4. The number of hydrogen-bond acceptors (Lipinski definition) is 4. The van der Waals surface area contributed by atoms with E-state index in [0.29, 0.717) is 0 Å². The molecule has 0 bridgehead atoms. The molecule has 0 fully saturated rings. The van der Waals surface area contributed by atoms with Gasteiger partial charge in [0, 0.05) is 23.6 Å². The molecule has 2 rings (SSSR count). The first-order chi connectivity index (χ1) is 8.97. The zero-order valence-corrected chi connectivity index (χ0v) is 10.8. The molecule has 4 N–H and O–H groups in total. The summed E-state index contributed by atoms with van der Waals surface area (Å²) in [7, 11) is 0. The van der Waals surface area contributed by atoms with Crippen molar-refractivity contribution in [3.8, 4) is 0 Å². The summed E-state index contributed by atoms with van der Waals surface area (Å²) in [4.78, 5) is 10.9. The fraction of sp³-hybridized carbons (Fsp3) is 0.231. The Balaban J connectivity index is 2.19. The first kappa shape index (κ1) is 12.9. The quantitative estimate of drug-likeness (QED) is 0.734. The van der Waals surface area contributed by atoms with Crippen molar-refractivity contribution >= 4 is 23.0 Å². The second-order valence-electron chi connectivity index (χ2n) is 4.53. The average Bonchev–Trinajstić information content (AvgIpc) is 2.77. The normalized spacial score (nSPS) is 10.7. The van der Waals surface area contributed by atoms with Gasteiger partial charge < -0.3 is 16.2 Å². The van der Waals surface area contributed by atoms with Crippen LogP contribution in [0.2, 0.25) is 0 Å². The van der Waals surface area contributed by atoms with Gasteiger partial charge >= 0.3 is 5.97 Å². The minimum atomic E-state index is -1.03. The standard InChI is InChI=1S/C13H16N4O2/c1-8(2)17-7-10(6-15-17)16-9-3-4-11(13(18)19)12(14)5-9/h3-8,16H,14H2,1-2H3,(H,18,19). The largest absolute Gasteiger partial charge is 0.478 e. The van der Waals surface area contributed by atoms with Gasteiger partial charge in [-0.1, -0.05) is 0 Å². The first-order valence-corrected chi connectivity index (χ1v) is 5.91. The molecular formula is C13H16N4O2. The molecule has 1 aromatic heterocycles. The molecule has 2 aromatic rings. The average molecular weight is 260 g/mol. The van der Waals surface area contributed by atoms with Gasteiger partial charge in [-0.15, -0.1) is 0 Å². The monoisotopic (exact) mass is 260 g/mol. The molecule has 6 nitrogen and oxygen atoms in total. The number of carboxylic acids is 1. The van der Waals surface area contributed by atoms with Crippen molar-refractivity contribution in [2.75, 3.05) is 11.1 Å². The number of anilines is 3. The molecule has 0 aliphatic rings. The van der Waals surface area contributed by atoms with Crippen LogP contribution in [0.5, 0.6) is 0 Å². The second-order valence-corrected chi connectivity index (χ2v) is 4.53. The number of carbonyl (C=O) groups is 1. The van der Waals surface area contributed by atoms with E-state index < -0.39 is 5.97 Å². The molecule has 0 aliphatic heterocycles. The molecule has 0 spiro atoms. The van der Waals surface area contributed by atoms with Gasteiger partial charge in [0.2, 0.25) is 0 Å². The highest BCUT2D eigenvalue weighted by Gasteiger charge is 2.08. The summed E-state index contributed by atoms with van der Waals surface area (Å²) < 4.78 is 1.83. The molecule has 0 amide bonds. The summed E-state index contributed by atoms with van der Waals surface area (Å²) >= 11 is 0. The molecule has 0 unspecified atom stereocenters. The van der Waals surface area contributed by atoms with E-state index in [4.69, 9.17) is 10.8 Å². The Morgan fingerprint density at radius 3 is 2.68 bits per heavy atom. The fourth-order valence-electron chi connectivity index (χ4n) is 1.69. The summed E-state index contributed by atoms with van der Waals surface area (Å²) in [5.74, 6) is -1.03. The number of nitrogens with zero attached hydrogens (tertiary/aromatic N) is 2. The van der Waals surface area contributed by atoms with Crippen LogP contribution in [-0.2, 0) is 0 Å². The van der Waals surface area contributed by atoms with Crippen molar-refractivity contribution in [1.82, 2.24) is 9.78 Å². The van der Waals surface area contributed by atoms with Crippen LogP contribution in [0.4, 0.5) is 17.1 Å². The van der Waals surface area contributed by atoms with Crippen molar-refractivity contribution in [2.45, 2.75) is 19.9 Å². The molecule has 1 heterocycles. The maximum absolute atomic E-state index is 10.9. The maximum atomic E-state index is 10.9. The number of benzene rings is 1. The van der Waals surface area contributed by atoms with Gasteiger partial charge in [0.25, 0.3) is 0 Å². The second kappa shape index (κ2) is 5.01. The number of carboxylic acid groups (broad SMARTS) is 1. The van der Waals surface area contributed by atoms with Crippen LogP contribution in [0, 0.1) is 0 Å². The Hall–Kier alpha value is -2.50. The third kappa shape index (κ3) is 2.85. The predicted molar refractivity (Wildman–Crippen MR) is 73.7 cm³/mol. The fourth-order valence-corrected chi connectivity index (χ4v) is 1.69. The molecule has 0 aliphatic carbocycles. The van der Waals surface area contributed by atoms with E-state index in [1.165, 1.54) is 6.07 Å². The van der Waals surface area contributed by atoms with Gasteiger partial charge in [-0.3, -0.25) is 4.68 Å². The molecule has 0 saturated heterocycles. The first-order valence-electron chi connectivity index (χ1n) is 5.91. The van der Waals surface area contributed by atoms with Crippen molar-refractivity contribution in [2.24, 2.45) is 0 Å². The summed E-state index contributed by atoms with van der Waals surface area (Å²) in [5.41, 5.74) is 7.58. The lowest BCUT2D eigenvalue weighted by molar-refractivity contribution is 0.0698. The van der Waals surface area contributed by atoms with Crippen LogP contribution in [0.3, 0.4) is 0 Å². The highest BCUT2D eigenvalue weighted by molar-refractivity contribution is 5.94. The summed E-state index contributed by atoms with van der Waals surface area (Å²) in [6.07, 6.45) is 3.59. The summed E-state index contributed by atoms with van der Waals surface area (Å²) in [6, 6.07) is 5.03. The number of nitrogen functional groups attached to an aromatic ring is 1. The molecule has 0 radical (unpaired) electrons. The summed E-state index contributed by atoms with van der Waals surface area (Å²) in [6.45, 7) is 4.08. The van der Waals surface area contributed by atoms with E-state index in [0.717, 1.165) is 11.4 Å². The zero-order valence-electron chi connectivity index (χ0n) is 10.8. The van der Waals surface area contributed by atoms with E-state index in [9.17, 15) is 4.79 Å². The van der Waals surface area contributed by atoms with Crippen molar-refractivity contribution in [1.29, 1.82) is 0 Å². The Kier molecular flexibility index (Phi) is 3.41. The Bertz CT molecular complexity index is 604. The van der Waals surface area contributed by atoms with Gasteiger partial charge in [0.15, 0.2) is 0 Å². The lowest BCUT2D eigenvalue weighted by Crippen LogP contribution is -2.03. The Morgan fingerprint density at radius 1 is 1.42 bits per heavy atom. The van der Waals surface area contributed by atoms with Gasteiger partial charge in [-0.05, 0) is 32.0 Å². The molecule has 0 atom stereocenters. The van der Waals surface area contributed by atoms with Crippen molar-refractivity contribution in [3.05, 3.63) is 36.2 Å². The number of hydrogen-bond donors (Lipinski definition) is 3. The minimum Gasteiger partial charge on any atom is -0.478 e. The van der Waals surface area contributed by atoms with E-state index >= 15 is 0 Å². The number of aromatic nitrogens is 2. The van der Waals surface area contributed by atoms with Crippen LogP contribution in [0.1, 0.15) is 30.2 Å². The highest BCUT2D eigenvalue weighted by Crippen LogP contribution is 2.22. The number of aromatic carboxylic acids is 1. The van der Waals surface area contributed by atoms with Crippen LogP contribution in [-0.4, -0.2) is 20.9 Å². The van der Waals surface area contributed by atoms with Gasteiger partial charge in [0.05, 0.1) is 17.4 Å². The lowest BCUT2D eigenvalue weighted by atomic mass is 10.1. The highest BCUT2D eigenvalue weighted by atomic mass is 16.4. The Morgan fingerprint density at radius 2 is 2.16 bits per heavy atom. The topological polar surface area (TPSA) is 93.2 Å². The molecule has 1 aromatic carbocycles. The van der Waals surface area contributed by atoms with E-state index in [1.54, 1.807) is 18.3 Å². The van der Waals surface area contributed by atoms with Crippen LogP contribution in [0.25, 0.3) is 0 Å². The van der Waals surface area contributed by atoms with Crippen molar-refractivity contribution in [3.63, 3.8) is 0 Å². The van der Waals surface area contributed by atoms with E-state index in [2.05, 4.69) is 10.4 Å². The molecule has 19 heavy (non-hydrogen) atoms. The molecule has 100 valence electrons. The minimum absolute atomic E-state index is 0.100. The van der Waals surface area contributed by atoms with Crippen molar-refractivity contribution < 1.29 is 9.90 Å². The van der Waals surface area contributed by atoms with Crippen LogP contribution >= 0.6 is 0 Å². The van der Waals surface area contributed by atoms with Gasteiger partial charge in [-0.2, -0.15) is 5.10 Å². The van der Waals surface area contributed by atoms with Gasteiger partial charge in [0.1, 0.15) is 0 Å².